The Bertz CT molecular complexity index is 688. The standard InChI is InChI=1S/C18H23ClN2O5/c19-13-1-2-15(26-10-16(22)23)12(7-13)9-21-5-3-18(4-6-21)8-14(17(24)25)20-11-18/h1-2,7,14,20H,3-6,8-11H2,(H,22,23)(H,24,25)/t14-/m0/s1. The molecule has 0 radical (unpaired) electrons. The summed E-state index contributed by atoms with van der Waals surface area (Å²) in [6.45, 7) is 2.71. The van der Waals surface area contributed by atoms with E-state index in [4.69, 9.17) is 21.4 Å². The number of aliphatic carboxylic acids is 2. The molecule has 0 bridgehead atoms. The second-order valence-electron chi connectivity index (χ2n) is 7.19. The Labute approximate surface area is 156 Å². The molecule has 1 atom stereocenters. The Kier molecular flexibility index (Phi) is 5.70. The second-order valence-corrected chi connectivity index (χ2v) is 7.62. The molecule has 7 nitrogen and oxygen atoms in total. The highest BCUT2D eigenvalue weighted by Gasteiger charge is 2.43. The Balaban J connectivity index is 1.60. The number of carboxylic acids is 2. The molecular weight excluding hydrogens is 360 g/mol. The number of piperidine rings is 1. The van der Waals surface area contributed by atoms with Crippen LogP contribution in [0.1, 0.15) is 24.8 Å². The Morgan fingerprint density at radius 3 is 2.65 bits per heavy atom. The van der Waals surface area contributed by atoms with Gasteiger partial charge in [0.15, 0.2) is 6.61 Å². The summed E-state index contributed by atoms with van der Waals surface area (Å²) in [5.74, 6) is -1.26. The molecule has 3 rings (SSSR count). The number of benzene rings is 1. The van der Waals surface area contributed by atoms with Crippen LogP contribution in [0.5, 0.6) is 5.75 Å². The van der Waals surface area contributed by atoms with E-state index in [0.717, 1.165) is 38.0 Å². The lowest BCUT2D eigenvalue weighted by Gasteiger charge is -2.39. The number of halogens is 1. The molecule has 26 heavy (non-hydrogen) atoms. The molecule has 2 aliphatic rings. The molecule has 0 unspecified atom stereocenters. The molecule has 1 spiro atoms. The van der Waals surface area contributed by atoms with Gasteiger partial charge in [-0.15, -0.1) is 0 Å². The van der Waals surface area contributed by atoms with Gasteiger partial charge >= 0.3 is 11.9 Å². The average Bonchev–Trinajstić information content (AvgIpc) is 3.01. The van der Waals surface area contributed by atoms with E-state index < -0.39 is 18.0 Å². The van der Waals surface area contributed by atoms with Crippen LogP contribution in [0.25, 0.3) is 0 Å². The first-order valence-electron chi connectivity index (χ1n) is 8.68. The van der Waals surface area contributed by atoms with Crippen LogP contribution in [0, 0.1) is 5.41 Å². The summed E-state index contributed by atoms with van der Waals surface area (Å²) < 4.78 is 5.37. The summed E-state index contributed by atoms with van der Waals surface area (Å²) in [4.78, 5) is 24.2. The summed E-state index contributed by atoms with van der Waals surface area (Å²) in [5, 5.41) is 21.7. The number of hydrogen-bond donors (Lipinski definition) is 3. The lowest BCUT2D eigenvalue weighted by Crippen LogP contribution is -2.40. The summed E-state index contributed by atoms with van der Waals surface area (Å²) in [6, 6.07) is 4.75. The van der Waals surface area contributed by atoms with Crippen LogP contribution in [0.2, 0.25) is 5.02 Å². The summed E-state index contributed by atoms with van der Waals surface area (Å²) in [6.07, 6.45) is 2.56. The molecule has 0 aromatic heterocycles. The first kappa shape index (κ1) is 18.9. The second kappa shape index (κ2) is 7.82. The first-order valence-corrected chi connectivity index (χ1v) is 9.06. The minimum absolute atomic E-state index is 0.0660. The number of likely N-dealkylation sites (tertiary alicyclic amines) is 1. The Morgan fingerprint density at radius 1 is 1.31 bits per heavy atom. The van der Waals surface area contributed by atoms with Crippen molar-refractivity contribution in [1.82, 2.24) is 10.2 Å². The number of hydrogen-bond acceptors (Lipinski definition) is 5. The average molecular weight is 383 g/mol. The zero-order valence-electron chi connectivity index (χ0n) is 14.4. The Morgan fingerprint density at radius 2 is 2.04 bits per heavy atom. The molecule has 2 fully saturated rings. The SMILES string of the molecule is O=C(O)COc1ccc(Cl)cc1CN1CCC2(CC1)CN[C@H](C(=O)O)C2. The quantitative estimate of drug-likeness (QED) is 0.690. The zero-order valence-corrected chi connectivity index (χ0v) is 15.2. The molecule has 2 heterocycles. The number of carbonyl (C=O) groups is 2. The number of nitrogens with zero attached hydrogens (tertiary/aromatic N) is 1. The molecule has 3 N–H and O–H groups in total. The van der Waals surface area contributed by atoms with Crippen molar-refractivity contribution in [2.24, 2.45) is 5.41 Å². The highest BCUT2D eigenvalue weighted by atomic mass is 35.5. The van der Waals surface area contributed by atoms with Crippen LogP contribution >= 0.6 is 11.6 Å². The maximum Gasteiger partial charge on any atom is 0.341 e. The predicted molar refractivity (Wildman–Crippen MR) is 95.6 cm³/mol. The van der Waals surface area contributed by atoms with E-state index in [1.54, 1.807) is 18.2 Å². The summed E-state index contributed by atoms with van der Waals surface area (Å²) >= 11 is 6.09. The van der Waals surface area contributed by atoms with Crippen molar-refractivity contribution in [3.05, 3.63) is 28.8 Å². The van der Waals surface area contributed by atoms with Gasteiger partial charge < -0.3 is 20.3 Å². The van der Waals surface area contributed by atoms with Crippen molar-refractivity contribution < 1.29 is 24.5 Å². The van der Waals surface area contributed by atoms with Gasteiger partial charge in [-0.1, -0.05) is 11.6 Å². The molecule has 0 amide bonds. The van der Waals surface area contributed by atoms with Gasteiger partial charge in [-0.25, -0.2) is 4.79 Å². The lowest BCUT2D eigenvalue weighted by molar-refractivity contribution is -0.140. The predicted octanol–water partition coefficient (Wildman–Crippen LogP) is 1.83. The van der Waals surface area contributed by atoms with E-state index in [0.29, 0.717) is 23.7 Å². The fourth-order valence-electron chi connectivity index (χ4n) is 3.85. The summed E-state index contributed by atoms with van der Waals surface area (Å²) in [5.41, 5.74) is 0.930. The highest BCUT2D eigenvalue weighted by Crippen LogP contribution is 2.40. The molecule has 0 aliphatic carbocycles. The van der Waals surface area contributed by atoms with E-state index in [-0.39, 0.29) is 12.0 Å². The van der Waals surface area contributed by atoms with Gasteiger partial charge in [0.25, 0.3) is 0 Å². The van der Waals surface area contributed by atoms with Crippen LogP contribution in [0.15, 0.2) is 18.2 Å². The molecule has 0 saturated carbocycles. The number of ether oxygens (including phenoxy) is 1. The summed E-state index contributed by atoms with van der Waals surface area (Å²) in [7, 11) is 0. The zero-order chi connectivity index (χ0) is 18.7. The maximum absolute atomic E-state index is 11.2. The minimum atomic E-state index is -1.02. The Hall–Kier alpha value is -1.83. The number of carboxylic acid groups (broad SMARTS) is 2. The van der Waals surface area contributed by atoms with Crippen LogP contribution in [-0.2, 0) is 16.1 Å². The number of rotatable bonds is 6. The largest absolute Gasteiger partial charge is 0.482 e. The molecule has 8 heteroatoms. The van der Waals surface area contributed by atoms with Crippen LogP contribution in [-0.4, -0.2) is 59.3 Å². The van der Waals surface area contributed by atoms with Crippen molar-refractivity contribution in [2.45, 2.75) is 31.8 Å². The monoisotopic (exact) mass is 382 g/mol. The first-order chi connectivity index (χ1) is 12.4. The van der Waals surface area contributed by atoms with Crippen molar-refractivity contribution >= 4 is 23.5 Å². The van der Waals surface area contributed by atoms with E-state index in [1.165, 1.54) is 0 Å². The van der Waals surface area contributed by atoms with E-state index in [2.05, 4.69) is 10.2 Å². The van der Waals surface area contributed by atoms with E-state index >= 15 is 0 Å². The molecule has 2 aliphatic heterocycles. The smallest absolute Gasteiger partial charge is 0.341 e. The maximum atomic E-state index is 11.2. The van der Waals surface area contributed by atoms with Crippen molar-refractivity contribution in [1.29, 1.82) is 0 Å². The minimum Gasteiger partial charge on any atom is -0.482 e. The van der Waals surface area contributed by atoms with Gasteiger partial charge in [0.05, 0.1) is 0 Å². The van der Waals surface area contributed by atoms with Gasteiger partial charge in [0.1, 0.15) is 11.8 Å². The normalized spacial score (nSPS) is 22.4. The third-order valence-electron chi connectivity index (χ3n) is 5.34. The van der Waals surface area contributed by atoms with E-state index in [9.17, 15) is 14.7 Å². The fourth-order valence-corrected chi connectivity index (χ4v) is 4.05. The molecule has 142 valence electrons. The van der Waals surface area contributed by atoms with Crippen LogP contribution in [0.3, 0.4) is 0 Å². The van der Waals surface area contributed by atoms with Crippen molar-refractivity contribution in [2.75, 3.05) is 26.2 Å². The van der Waals surface area contributed by atoms with E-state index in [1.807, 2.05) is 0 Å². The highest BCUT2D eigenvalue weighted by molar-refractivity contribution is 6.30. The van der Waals surface area contributed by atoms with Gasteiger partial charge in [-0.3, -0.25) is 9.69 Å². The third kappa shape index (κ3) is 4.47. The molecular formula is C18H23ClN2O5. The van der Waals surface area contributed by atoms with Crippen molar-refractivity contribution in [3.8, 4) is 5.75 Å². The van der Waals surface area contributed by atoms with Gasteiger partial charge in [0, 0.05) is 23.7 Å². The lowest BCUT2D eigenvalue weighted by atomic mass is 9.76. The van der Waals surface area contributed by atoms with Gasteiger partial charge in [-0.2, -0.15) is 0 Å². The third-order valence-corrected chi connectivity index (χ3v) is 5.58. The molecule has 2 saturated heterocycles. The van der Waals surface area contributed by atoms with Crippen LogP contribution < -0.4 is 10.1 Å². The molecule has 1 aromatic rings. The van der Waals surface area contributed by atoms with Gasteiger partial charge in [0.2, 0.25) is 0 Å². The van der Waals surface area contributed by atoms with Gasteiger partial charge in [-0.05, 0) is 56.0 Å². The molecule has 1 aromatic carbocycles. The topological polar surface area (TPSA) is 99.1 Å². The van der Waals surface area contributed by atoms with Crippen molar-refractivity contribution in [3.63, 3.8) is 0 Å². The number of nitrogens with one attached hydrogen (secondary N) is 1. The van der Waals surface area contributed by atoms with Crippen LogP contribution in [0.4, 0.5) is 0 Å². The fraction of sp³-hybridized carbons (Fsp3) is 0.556.